The molecule has 21 heavy (non-hydrogen) atoms. The van der Waals surface area contributed by atoms with E-state index in [1.54, 1.807) is 24.0 Å². The van der Waals surface area contributed by atoms with Crippen LogP contribution < -0.4 is 5.73 Å². The molecule has 6 heteroatoms. The summed E-state index contributed by atoms with van der Waals surface area (Å²) in [7, 11) is -3.11. The van der Waals surface area contributed by atoms with Gasteiger partial charge in [-0.05, 0) is 37.5 Å². The summed E-state index contributed by atoms with van der Waals surface area (Å²) >= 11 is 0. The van der Waals surface area contributed by atoms with Crippen LogP contribution in [0.15, 0.2) is 24.3 Å². The Morgan fingerprint density at radius 3 is 2.33 bits per heavy atom. The lowest BCUT2D eigenvalue weighted by Gasteiger charge is -2.29. The number of amides is 1. The molecule has 116 valence electrons. The molecule has 0 saturated heterocycles. The van der Waals surface area contributed by atoms with E-state index in [2.05, 4.69) is 0 Å². The van der Waals surface area contributed by atoms with Gasteiger partial charge in [0.05, 0.1) is 5.75 Å². The van der Waals surface area contributed by atoms with E-state index >= 15 is 0 Å². The number of sulfone groups is 1. The molecule has 2 N–H and O–H groups in total. The van der Waals surface area contributed by atoms with E-state index in [1.807, 2.05) is 12.1 Å². The summed E-state index contributed by atoms with van der Waals surface area (Å²) in [5.41, 5.74) is 7.10. The van der Waals surface area contributed by atoms with Gasteiger partial charge in [0.15, 0.2) is 0 Å². The average Bonchev–Trinajstić information content (AvgIpc) is 3.21. The number of benzene rings is 1. The van der Waals surface area contributed by atoms with Crippen LogP contribution in [0.2, 0.25) is 0 Å². The highest BCUT2D eigenvalue weighted by Gasteiger charge is 2.37. The first-order valence-corrected chi connectivity index (χ1v) is 9.17. The molecule has 1 aromatic carbocycles. The fraction of sp³-hybridized carbons (Fsp3) is 0.533. The lowest BCUT2D eigenvalue weighted by atomic mass is 10.1. The minimum absolute atomic E-state index is 0.00385. The molecule has 1 fully saturated rings. The molecule has 0 bridgehead atoms. The SMILES string of the molecule is CC(CS(C)(=O)=O)N(C(=O)c1ccc(CN)cc1)C1CC1. The van der Waals surface area contributed by atoms with E-state index in [0.29, 0.717) is 12.1 Å². The molecular formula is C15H22N2O3S. The van der Waals surface area contributed by atoms with Crippen molar-refractivity contribution in [2.75, 3.05) is 12.0 Å². The van der Waals surface area contributed by atoms with Gasteiger partial charge in [0.25, 0.3) is 5.91 Å². The van der Waals surface area contributed by atoms with E-state index in [4.69, 9.17) is 5.73 Å². The van der Waals surface area contributed by atoms with Crippen molar-refractivity contribution < 1.29 is 13.2 Å². The predicted molar refractivity (Wildman–Crippen MR) is 82.7 cm³/mol. The summed E-state index contributed by atoms with van der Waals surface area (Å²) in [5.74, 6) is -0.104. The van der Waals surface area contributed by atoms with Crippen molar-refractivity contribution in [2.45, 2.75) is 38.4 Å². The molecule has 1 unspecified atom stereocenters. The van der Waals surface area contributed by atoms with Crippen LogP contribution in [0.5, 0.6) is 0 Å². The molecule has 0 aromatic heterocycles. The average molecular weight is 310 g/mol. The van der Waals surface area contributed by atoms with Gasteiger partial charge in [-0.25, -0.2) is 8.42 Å². The number of nitrogens with zero attached hydrogens (tertiary/aromatic N) is 1. The molecule has 0 spiro atoms. The quantitative estimate of drug-likeness (QED) is 0.855. The molecule has 1 amide bonds. The van der Waals surface area contributed by atoms with Crippen LogP contribution in [0.4, 0.5) is 0 Å². The summed E-state index contributed by atoms with van der Waals surface area (Å²) in [5, 5.41) is 0. The molecule has 1 saturated carbocycles. The number of rotatable bonds is 6. The Morgan fingerprint density at radius 2 is 1.90 bits per heavy atom. The van der Waals surface area contributed by atoms with Crippen LogP contribution in [0.1, 0.15) is 35.7 Å². The first-order valence-electron chi connectivity index (χ1n) is 7.11. The first-order chi connectivity index (χ1) is 9.81. The lowest BCUT2D eigenvalue weighted by molar-refractivity contribution is 0.0693. The Hall–Kier alpha value is -1.40. The van der Waals surface area contributed by atoms with Crippen LogP contribution in [-0.2, 0) is 16.4 Å². The molecular weight excluding hydrogens is 288 g/mol. The first kappa shape index (κ1) is 16.0. The maximum atomic E-state index is 12.7. The third kappa shape index (κ3) is 4.28. The van der Waals surface area contributed by atoms with E-state index in [9.17, 15) is 13.2 Å². The zero-order valence-electron chi connectivity index (χ0n) is 12.5. The maximum Gasteiger partial charge on any atom is 0.254 e. The van der Waals surface area contributed by atoms with Crippen molar-refractivity contribution >= 4 is 15.7 Å². The lowest BCUT2D eigenvalue weighted by Crippen LogP contribution is -2.43. The summed E-state index contributed by atoms with van der Waals surface area (Å²) in [6.45, 7) is 2.23. The number of nitrogens with two attached hydrogens (primary N) is 1. The summed E-state index contributed by atoms with van der Waals surface area (Å²) in [4.78, 5) is 14.4. The van der Waals surface area contributed by atoms with Crippen molar-refractivity contribution in [2.24, 2.45) is 5.73 Å². The zero-order valence-corrected chi connectivity index (χ0v) is 13.3. The van der Waals surface area contributed by atoms with Gasteiger partial charge in [-0.2, -0.15) is 0 Å². The van der Waals surface area contributed by atoms with Gasteiger partial charge in [-0.1, -0.05) is 12.1 Å². The number of hydrogen-bond acceptors (Lipinski definition) is 4. The van der Waals surface area contributed by atoms with Crippen molar-refractivity contribution in [1.82, 2.24) is 4.90 Å². The molecule has 1 aliphatic carbocycles. The molecule has 1 aliphatic rings. The van der Waals surface area contributed by atoms with Crippen molar-refractivity contribution in [1.29, 1.82) is 0 Å². The highest BCUT2D eigenvalue weighted by atomic mass is 32.2. The largest absolute Gasteiger partial charge is 0.332 e. The molecule has 0 heterocycles. The minimum atomic E-state index is -3.11. The predicted octanol–water partition coefficient (Wildman–Crippen LogP) is 1.18. The number of hydrogen-bond donors (Lipinski definition) is 1. The van der Waals surface area contributed by atoms with Gasteiger partial charge in [-0.15, -0.1) is 0 Å². The fourth-order valence-electron chi connectivity index (χ4n) is 2.53. The number of carbonyl (C=O) groups excluding carboxylic acids is 1. The fourth-order valence-corrected chi connectivity index (χ4v) is 3.57. The van der Waals surface area contributed by atoms with Crippen LogP contribution in [0.3, 0.4) is 0 Å². The van der Waals surface area contributed by atoms with Crippen molar-refractivity contribution in [3.8, 4) is 0 Å². The Morgan fingerprint density at radius 1 is 1.33 bits per heavy atom. The molecule has 0 radical (unpaired) electrons. The second-order valence-electron chi connectivity index (χ2n) is 5.79. The molecule has 5 nitrogen and oxygen atoms in total. The summed E-state index contributed by atoms with van der Waals surface area (Å²) < 4.78 is 23.0. The van der Waals surface area contributed by atoms with E-state index < -0.39 is 9.84 Å². The smallest absolute Gasteiger partial charge is 0.254 e. The topological polar surface area (TPSA) is 80.5 Å². The standard InChI is InChI=1S/C15H22N2O3S/c1-11(10-21(2,19)20)17(14-7-8-14)15(18)13-5-3-12(9-16)4-6-13/h3-6,11,14H,7-10,16H2,1-2H3. The molecule has 1 atom stereocenters. The second kappa shape index (κ2) is 6.15. The highest BCUT2D eigenvalue weighted by Crippen LogP contribution is 2.30. The summed E-state index contributed by atoms with van der Waals surface area (Å²) in [6, 6.07) is 7.04. The van der Waals surface area contributed by atoms with Crippen LogP contribution in [-0.4, -0.2) is 43.3 Å². The normalized spacial score (nSPS) is 16.5. The van der Waals surface area contributed by atoms with Gasteiger partial charge < -0.3 is 10.6 Å². The Kier molecular flexibility index (Phi) is 4.68. The van der Waals surface area contributed by atoms with E-state index in [-0.39, 0.29) is 23.7 Å². The van der Waals surface area contributed by atoms with Crippen LogP contribution in [0.25, 0.3) is 0 Å². The van der Waals surface area contributed by atoms with Gasteiger partial charge in [0.2, 0.25) is 0 Å². The van der Waals surface area contributed by atoms with Crippen LogP contribution >= 0.6 is 0 Å². The molecule has 0 aliphatic heterocycles. The van der Waals surface area contributed by atoms with Gasteiger partial charge >= 0.3 is 0 Å². The van der Waals surface area contributed by atoms with Gasteiger partial charge in [0.1, 0.15) is 9.84 Å². The van der Waals surface area contributed by atoms with E-state index in [1.165, 1.54) is 6.26 Å². The van der Waals surface area contributed by atoms with Crippen LogP contribution in [0, 0.1) is 0 Å². The zero-order chi connectivity index (χ0) is 15.6. The Bertz CT molecular complexity index is 606. The van der Waals surface area contributed by atoms with Gasteiger partial charge in [0, 0.05) is 30.4 Å². The Balaban J connectivity index is 2.19. The number of carbonyl (C=O) groups is 1. The monoisotopic (exact) mass is 310 g/mol. The van der Waals surface area contributed by atoms with Crippen molar-refractivity contribution in [3.05, 3.63) is 35.4 Å². The Labute approximate surface area is 126 Å². The van der Waals surface area contributed by atoms with Crippen molar-refractivity contribution in [3.63, 3.8) is 0 Å². The van der Waals surface area contributed by atoms with Gasteiger partial charge in [-0.3, -0.25) is 4.79 Å². The second-order valence-corrected chi connectivity index (χ2v) is 7.97. The third-order valence-electron chi connectivity index (χ3n) is 3.63. The minimum Gasteiger partial charge on any atom is -0.332 e. The van der Waals surface area contributed by atoms with E-state index in [0.717, 1.165) is 18.4 Å². The highest BCUT2D eigenvalue weighted by molar-refractivity contribution is 7.90. The molecule has 2 rings (SSSR count). The maximum absolute atomic E-state index is 12.7. The molecule has 1 aromatic rings. The third-order valence-corrected chi connectivity index (χ3v) is 4.72. The summed E-state index contributed by atoms with van der Waals surface area (Å²) in [6.07, 6.45) is 3.09.